The highest BCUT2D eigenvalue weighted by Gasteiger charge is 2.15. The van der Waals surface area contributed by atoms with Crippen molar-refractivity contribution >= 4 is 17.6 Å². The molecule has 94 valence electrons. The van der Waals surface area contributed by atoms with Crippen LogP contribution in [0.2, 0.25) is 5.02 Å². The monoisotopic (exact) mass is 264 g/mol. The number of H-pyrrole nitrogens is 1. The summed E-state index contributed by atoms with van der Waals surface area (Å²) < 4.78 is 4.90. The largest absolute Gasteiger partial charge is 0.460 e. The molecule has 0 saturated carbocycles. The molecule has 0 aliphatic rings. The van der Waals surface area contributed by atoms with Gasteiger partial charge in [0.05, 0.1) is 12.3 Å². The van der Waals surface area contributed by atoms with Crippen molar-refractivity contribution < 1.29 is 9.53 Å². The number of halogens is 1. The molecule has 1 aromatic carbocycles. The summed E-state index contributed by atoms with van der Waals surface area (Å²) in [5.74, 6) is -0.238. The van der Waals surface area contributed by atoms with Gasteiger partial charge in [0.2, 0.25) is 5.82 Å². The fourth-order valence-corrected chi connectivity index (χ4v) is 1.86. The number of nitrogens with zero attached hydrogens (tertiary/aromatic N) is 1. The van der Waals surface area contributed by atoms with Crippen LogP contribution >= 0.6 is 11.6 Å². The molecule has 0 aliphatic carbocycles. The predicted octanol–water partition coefficient (Wildman–Crippen LogP) is 3.22. The Morgan fingerprint density at radius 1 is 1.50 bits per heavy atom. The number of hydrogen-bond donors (Lipinski definition) is 1. The van der Waals surface area contributed by atoms with Crippen LogP contribution in [0.25, 0.3) is 11.3 Å². The molecular formula is C13H13ClN2O2. The van der Waals surface area contributed by atoms with E-state index >= 15 is 0 Å². The number of hydrogen-bond acceptors (Lipinski definition) is 3. The summed E-state index contributed by atoms with van der Waals surface area (Å²) in [6.45, 7) is 3.93. The first-order chi connectivity index (χ1) is 8.61. The van der Waals surface area contributed by atoms with E-state index in [2.05, 4.69) is 9.97 Å². The van der Waals surface area contributed by atoms with Crippen molar-refractivity contribution in [3.8, 4) is 11.3 Å². The van der Waals surface area contributed by atoms with E-state index in [1.165, 1.54) is 0 Å². The van der Waals surface area contributed by atoms with Gasteiger partial charge in [-0.15, -0.1) is 0 Å². The lowest BCUT2D eigenvalue weighted by molar-refractivity contribution is 0.0513. The van der Waals surface area contributed by atoms with Gasteiger partial charge in [-0.3, -0.25) is 0 Å². The third-order valence-corrected chi connectivity index (χ3v) is 2.69. The molecule has 1 aromatic heterocycles. The summed E-state index contributed by atoms with van der Waals surface area (Å²) >= 11 is 5.94. The molecule has 0 saturated heterocycles. The van der Waals surface area contributed by atoms with Crippen LogP contribution in [0, 0.1) is 6.92 Å². The van der Waals surface area contributed by atoms with Crippen molar-refractivity contribution in [3.63, 3.8) is 0 Å². The highest BCUT2D eigenvalue weighted by molar-refractivity contribution is 6.30. The van der Waals surface area contributed by atoms with Gasteiger partial charge in [-0.05, 0) is 26.0 Å². The maximum Gasteiger partial charge on any atom is 0.374 e. The van der Waals surface area contributed by atoms with Crippen molar-refractivity contribution in [2.24, 2.45) is 0 Å². The Morgan fingerprint density at radius 2 is 2.28 bits per heavy atom. The first-order valence-electron chi connectivity index (χ1n) is 5.61. The van der Waals surface area contributed by atoms with Crippen LogP contribution in [0.5, 0.6) is 0 Å². The minimum absolute atomic E-state index is 0.212. The zero-order chi connectivity index (χ0) is 13.1. The van der Waals surface area contributed by atoms with Crippen molar-refractivity contribution in [2.75, 3.05) is 6.61 Å². The molecule has 0 atom stereocenters. The van der Waals surface area contributed by atoms with E-state index in [4.69, 9.17) is 16.3 Å². The quantitative estimate of drug-likeness (QED) is 0.866. The van der Waals surface area contributed by atoms with Crippen molar-refractivity contribution in [3.05, 3.63) is 40.8 Å². The highest BCUT2D eigenvalue weighted by Crippen LogP contribution is 2.24. The summed E-state index contributed by atoms with van der Waals surface area (Å²) in [6, 6.07) is 7.33. The van der Waals surface area contributed by atoms with E-state index in [0.29, 0.717) is 17.3 Å². The minimum atomic E-state index is -0.450. The van der Waals surface area contributed by atoms with E-state index in [9.17, 15) is 4.79 Å². The summed E-state index contributed by atoms with van der Waals surface area (Å²) in [5.41, 5.74) is 2.38. The number of esters is 1. The molecule has 0 radical (unpaired) electrons. The zero-order valence-corrected chi connectivity index (χ0v) is 10.9. The van der Waals surface area contributed by atoms with Gasteiger partial charge in [-0.2, -0.15) is 0 Å². The highest BCUT2D eigenvalue weighted by atomic mass is 35.5. The minimum Gasteiger partial charge on any atom is -0.460 e. The second kappa shape index (κ2) is 5.23. The topological polar surface area (TPSA) is 55.0 Å². The molecule has 0 aliphatic heterocycles. The molecule has 0 bridgehead atoms. The lowest BCUT2D eigenvalue weighted by Crippen LogP contribution is -2.06. The molecule has 5 heteroatoms. The first kappa shape index (κ1) is 12.6. The molecule has 1 heterocycles. The van der Waals surface area contributed by atoms with E-state index in [0.717, 1.165) is 11.3 Å². The van der Waals surface area contributed by atoms with E-state index in [1.54, 1.807) is 19.1 Å². The Balaban J connectivity index is 2.38. The van der Waals surface area contributed by atoms with Crippen molar-refractivity contribution in [1.29, 1.82) is 0 Å². The molecule has 1 N–H and O–H groups in total. The Labute approximate surface area is 110 Å². The summed E-state index contributed by atoms with van der Waals surface area (Å²) in [7, 11) is 0. The number of aryl methyl sites for hydroxylation is 1. The van der Waals surface area contributed by atoms with Gasteiger partial charge in [0.1, 0.15) is 0 Å². The smallest absolute Gasteiger partial charge is 0.374 e. The third-order valence-electron chi connectivity index (χ3n) is 2.45. The molecule has 0 unspecified atom stereocenters. The van der Waals surface area contributed by atoms with Gasteiger partial charge in [-0.25, -0.2) is 9.78 Å². The van der Waals surface area contributed by atoms with E-state index in [-0.39, 0.29) is 5.82 Å². The maximum atomic E-state index is 11.6. The number of nitrogens with one attached hydrogen (secondary N) is 1. The Bertz CT molecular complexity index is 578. The Kier molecular flexibility index (Phi) is 3.67. The number of aromatic amines is 1. The number of benzene rings is 1. The van der Waals surface area contributed by atoms with E-state index < -0.39 is 5.97 Å². The van der Waals surface area contributed by atoms with Crippen LogP contribution in [0.1, 0.15) is 23.2 Å². The predicted molar refractivity (Wildman–Crippen MR) is 69.7 cm³/mol. The molecule has 2 aromatic rings. The lowest BCUT2D eigenvalue weighted by Gasteiger charge is -1.98. The average molecular weight is 265 g/mol. The lowest BCUT2D eigenvalue weighted by atomic mass is 10.1. The van der Waals surface area contributed by atoms with Crippen LogP contribution in [-0.4, -0.2) is 22.5 Å². The summed E-state index contributed by atoms with van der Waals surface area (Å²) in [4.78, 5) is 18.7. The molecule has 18 heavy (non-hydrogen) atoms. The maximum absolute atomic E-state index is 11.6. The van der Waals surface area contributed by atoms with Gasteiger partial charge in [0, 0.05) is 16.3 Å². The SMILES string of the molecule is CCOC(=O)c1nc(-c2cccc(Cl)c2)c(C)[nH]1. The number of ether oxygens (including phenoxy) is 1. The number of aromatic nitrogens is 2. The number of carbonyl (C=O) groups excluding carboxylic acids is 1. The fraction of sp³-hybridized carbons (Fsp3) is 0.231. The Hall–Kier alpha value is -1.81. The summed E-state index contributed by atoms with van der Waals surface area (Å²) in [6.07, 6.45) is 0. The van der Waals surface area contributed by atoms with Gasteiger partial charge in [0.15, 0.2) is 0 Å². The summed E-state index contributed by atoms with van der Waals surface area (Å²) in [5, 5.41) is 0.632. The number of rotatable bonds is 3. The Morgan fingerprint density at radius 3 is 2.94 bits per heavy atom. The second-order valence-electron chi connectivity index (χ2n) is 3.79. The van der Waals surface area contributed by atoms with Gasteiger partial charge in [-0.1, -0.05) is 23.7 Å². The van der Waals surface area contributed by atoms with Crippen LogP contribution in [0.4, 0.5) is 0 Å². The van der Waals surface area contributed by atoms with Crippen molar-refractivity contribution in [1.82, 2.24) is 9.97 Å². The molecule has 0 spiro atoms. The number of carbonyl (C=O) groups is 1. The second-order valence-corrected chi connectivity index (χ2v) is 4.23. The van der Waals surface area contributed by atoms with Crippen LogP contribution in [0.15, 0.2) is 24.3 Å². The zero-order valence-electron chi connectivity index (χ0n) is 10.2. The fourth-order valence-electron chi connectivity index (χ4n) is 1.67. The van der Waals surface area contributed by atoms with E-state index in [1.807, 2.05) is 19.1 Å². The molecule has 0 amide bonds. The van der Waals surface area contributed by atoms with Crippen LogP contribution < -0.4 is 0 Å². The third kappa shape index (κ3) is 2.54. The molecule has 2 rings (SSSR count). The van der Waals surface area contributed by atoms with Crippen LogP contribution in [0.3, 0.4) is 0 Å². The molecule has 0 fully saturated rings. The number of imidazole rings is 1. The first-order valence-corrected chi connectivity index (χ1v) is 5.99. The van der Waals surface area contributed by atoms with Crippen molar-refractivity contribution in [2.45, 2.75) is 13.8 Å². The van der Waals surface area contributed by atoms with Gasteiger partial charge < -0.3 is 9.72 Å². The van der Waals surface area contributed by atoms with Gasteiger partial charge in [0.25, 0.3) is 0 Å². The normalized spacial score (nSPS) is 10.4. The molecule has 4 nitrogen and oxygen atoms in total. The van der Waals surface area contributed by atoms with Gasteiger partial charge >= 0.3 is 5.97 Å². The average Bonchev–Trinajstić information content (AvgIpc) is 2.72. The molecular weight excluding hydrogens is 252 g/mol. The standard InChI is InChI=1S/C13H13ClN2O2/c1-3-18-13(17)12-15-8(2)11(16-12)9-5-4-6-10(14)7-9/h4-7H,3H2,1-2H3,(H,15,16). The van der Waals surface area contributed by atoms with Crippen LogP contribution in [-0.2, 0) is 4.74 Å².